The van der Waals surface area contributed by atoms with Gasteiger partial charge in [0.05, 0.1) is 0 Å². The van der Waals surface area contributed by atoms with Gasteiger partial charge in [0, 0.05) is 9.75 Å². The Morgan fingerprint density at radius 2 is 2.00 bits per heavy atom. The molecule has 0 nitrogen and oxygen atoms in total. The third-order valence-electron chi connectivity index (χ3n) is 2.95. The molecule has 1 aromatic heterocycles. The third-order valence-corrected chi connectivity index (χ3v) is 4.39. The predicted octanol–water partition coefficient (Wildman–Crippen LogP) is 5.47. The average Bonchev–Trinajstić information content (AvgIpc) is 2.62. The van der Waals surface area contributed by atoms with Gasteiger partial charge in [0.25, 0.3) is 0 Å². The monoisotopic (exact) mass is 234 g/mol. The summed E-state index contributed by atoms with van der Waals surface area (Å²) < 4.78 is 0. The van der Waals surface area contributed by atoms with E-state index in [1.54, 1.807) is 0 Å². The maximum Gasteiger partial charge on any atom is 0.0334 e. The molecule has 88 valence electrons. The molecule has 0 radical (unpaired) electrons. The van der Waals surface area contributed by atoms with Crippen LogP contribution in [0.2, 0.25) is 0 Å². The lowest BCUT2D eigenvalue weighted by molar-refractivity contribution is 1.12. The fourth-order valence-electron chi connectivity index (χ4n) is 1.88. The van der Waals surface area contributed by atoms with Gasteiger partial charge in [0.15, 0.2) is 0 Å². The SMILES string of the molecule is C/C=C(/C)c1sc(/C=C\CC)c(CC)c1C. The van der Waals surface area contributed by atoms with E-state index >= 15 is 0 Å². The maximum absolute atomic E-state index is 2.28. The van der Waals surface area contributed by atoms with E-state index in [1.165, 1.54) is 26.5 Å². The van der Waals surface area contributed by atoms with Crippen LogP contribution >= 0.6 is 11.3 Å². The van der Waals surface area contributed by atoms with Gasteiger partial charge in [-0.3, -0.25) is 0 Å². The Bertz CT molecular complexity index is 405. The van der Waals surface area contributed by atoms with Crippen molar-refractivity contribution in [2.75, 3.05) is 0 Å². The summed E-state index contributed by atoms with van der Waals surface area (Å²) in [5.74, 6) is 0. The van der Waals surface area contributed by atoms with E-state index in [-0.39, 0.29) is 0 Å². The predicted molar refractivity (Wildman–Crippen MR) is 77.1 cm³/mol. The molecule has 0 saturated heterocycles. The number of hydrogen-bond acceptors (Lipinski definition) is 1. The molecule has 0 unspecified atom stereocenters. The van der Waals surface area contributed by atoms with Gasteiger partial charge in [-0.2, -0.15) is 0 Å². The molecule has 0 saturated carbocycles. The minimum absolute atomic E-state index is 1.11. The fraction of sp³-hybridized carbons (Fsp3) is 0.467. The zero-order chi connectivity index (χ0) is 12.1. The van der Waals surface area contributed by atoms with Crippen molar-refractivity contribution in [1.29, 1.82) is 0 Å². The summed E-state index contributed by atoms with van der Waals surface area (Å²) in [6, 6.07) is 0. The van der Waals surface area contributed by atoms with Gasteiger partial charge in [-0.05, 0) is 56.4 Å². The summed E-state index contributed by atoms with van der Waals surface area (Å²) >= 11 is 1.93. The second-order valence-corrected chi connectivity index (χ2v) is 5.09. The molecule has 0 amide bonds. The van der Waals surface area contributed by atoms with Gasteiger partial charge in [-0.25, -0.2) is 0 Å². The van der Waals surface area contributed by atoms with Crippen molar-refractivity contribution >= 4 is 23.0 Å². The van der Waals surface area contributed by atoms with Crippen LogP contribution in [0.5, 0.6) is 0 Å². The van der Waals surface area contributed by atoms with Crippen LogP contribution in [-0.4, -0.2) is 0 Å². The lowest BCUT2D eigenvalue weighted by Crippen LogP contribution is -1.85. The first-order valence-corrected chi connectivity index (χ1v) is 6.89. The highest BCUT2D eigenvalue weighted by Crippen LogP contribution is 2.34. The third kappa shape index (κ3) is 2.65. The molecule has 1 rings (SSSR count). The number of rotatable bonds is 4. The highest BCUT2D eigenvalue weighted by atomic mass is 32.1. The second kappa shape index (κ2) is 6.05. The summed E-state index contributed by atoms with van der Waals surface area (Å²) in [4.78, 5) is 2.90. The Kier molecular flexibility index (Phi) is 5.01. The first-order valence-electron chi connectivity index (χ1n) is 6.07. The van der Waals surface area contributed by atoms with Crippen LogP contribution in [0.3, 0.4) is 0 Å². The van der Waals surface area contributed by atoms with Crippen molar-refractivity contribution in [3.8, 4) is 0 Å². The van der Waals surface area contributed by atoms with E-state index in [0.717, 1.165) is 12.8 Å². The summed E-state index contributed by atoms with van der Waals surface area (Å²) in [5.41, 5.74) is 4.39. The van der Waals surface area contributed by atoms with Crippen LogP contribution < -0.4 is 0 Å². The molecule has 1 aromatic rings. The Balaban J connectivity index is 3.25. The van der Waals surface area contributed by atoms with Gasteiger partial charge < -0.3 is 0 Å². The molecule has 1 heteroatoms. The smallest absolute Gasteiger partial charge is 0.0334 e. The molecule has 0 aliphatic rings. The molecule has 0 aliphatic carbocycles. The van der Waals surface area contributed by atoms with E-state index in [0.29, 0.717) is 0 Å². The van der Waals surface area contributed by atoms with Crippen LogP contribution in [0, 0.1) is 6.92 Å². The Hall–Kier alpha value is -0.820. The van der Waals surface area contributed by atoms with Gasteiger partial charge in [0.2, 0.25) is 0 Å². The molecular weight excluding hydrogens is 212 g/mol. The van der Waals surface area contributed by atoms with E-state index in [9.17, 15) is 0 Å². The molecule has 16 heavy (non-hydrogen) atoms. The average molecular weight is 234 g/mol. The summed E-state index contributed by atoms with van der Waals surface area (Å²) in [6.45, 7) is 11.0. The van der Waals surface area contributed by atoms with Crippen LogP contribution in [0.15, 0.2) is 12.2 Å². The first-order chi connectivity index (χ1) is 7.65. The topological polar surface area (TPSA) is 0 Å². The highest BCUT2D eigenvalue weighted by molar-refractivity contribution is 7.14. The summed E-state index contributed by atoms with van der Waals surface area (Å²) in [7, 11) is 0. The molecule has 0 spiro atoms. The van der Waals surface area contributed by atoms with Gasteiger partial charge in [-0.15, -0.1) is 11.3 Å². The number of hydrogen-bond donors (Lipinski definition) is 0. The van der Waals surface area contributed by atoms with Crippen molar-refractivity contribution in [2.45, 2.75) is 47.5 Å². The van der Waals surface area contributed by atoms with Crippen molar-refractivity contribution in [2.24, 2.45) is 0 Å². The van der Waals surface area contributed by atoms with Gasteiger partial charge in [-0.1, -0.05) is 26.0 Å². The normalized spacial score (nSPS) is 12.7. The van der Waals surface area contributed by atoms with E-state index in [1.807, 2.05) is 11.3 Å². The van der Waals surface area contributed by atoms with Crippen molar-refractivity contribution in [3.05, 3.63) is 33.0 Å². The van der Waals surface area contributed by atoms with Crippen LogP contribution in [0.25, 0.3) is 11.6 Å². The minimum Gasteiger partial charge on any atom is -0.136 e. The standard InChI is InChI=1S/C15H22S/c1-6-9-10-14-13(8-3)12(5)15(16-14)11(4)7-2/h7,9-10H,6,8H2,1-5H3/b10-9-,11-7-. The molecule has 0 aromatic carbocycles. The Morgan fingerprint density at radius 1 is 1.31 bits per heavy atom. The lowest BCUT2D eigenvalue weighted by atomic mass is 10.0. The highest BCUT2D eigenvalue weighted by Gasteiger charge is 2.12. The molecule has 0 N–H and O–H groups in total. The van der Waals surface area contributed by atoms with Crippen LogP contribution in [0.4, 0.5) is 0 Å². The molecule has 1 heterocycles. The molecule has 0 atom stereocenters. The van der Waals surface area contributed by atoms with Crippen LogP contribution in [-0.2, 0) is 6.42 Å². The zero-order valence-electron chi connectivity index (χ0n) is 11.1. The minimum atomic E-state index is 1.11. The lowest BCUT2D eigenvalue weighted by Gasteiger charge is -2.00. The van der Waals surface area contributed by atoms with E-state index < -0.39 is 0 Å². The molecule has 0 fully saturated rings. The van der Waals surface area contributed by atoms with E-state index in [2.05, 4.69) is 52.8 Å². The number of thiophene rings is 1. The van der Waals surface area contributed by atoms with Crippen molar-refractivity contribution < 1.29 is 0 Å². The number of allylic oxidation sites excluding steroid dienone is 3. The molecular formula is C15H22S. The quantitative estimate of drug-likeness (QED) is 0.648. The zero-order valence-corrected chi connectivity index (χ0v) is 11.9. The largest absolute Gasteiger partial charge is 0.136 e. The fourth-order valence-corrected chi connectivity index (χ4v) is 3.24. The van der Waals surface area contributed by atoms with Gasteiger partial charge >= 0.3 is 0 Å². The van der Waals surface area contributed by atoms with Crippen LogP contribution in [0.1, 0.15) is 55.0 Å². The molecule has 0 bridgehead atoms. The first kappa shape index (κ1) is 13.2. The Morgan fingerprint density at radius 3 is 2.50 bits per heavy atom. The molecule has 0 aliphatic heterocycles. The summed E-state index contributed by atoms with van der Waals surface area (Å²) in [5, 5.41) is 0. The van der Waals surface area contributed by atoms with Crippen molar-refractivity contribution in [1.82, 2.24) is 0 Å². The maximum atomic E-state index is 2.28. The van der Waals surface area contributed by atoms with E-state index in [4.69, 9.17) is 0 Å². The Labute approximate surface area is 104 Å². The van der Waals surface area contributed by atoms with Crippen molar-refractivity contribution in [3.63, 3.8) is 0 Å². The summed E-state index contributed by atoms with van der Waals surface area (Å²) in [6.07, 6.45) is 8.97. The van der Waals surface area contributed by atoms with Gasteiger partial charge in [0.1, 0.15) is 0 Å². The second-order valence-electron chi connectivity index (χ2n) is 4.03.